The van der Waals surface area contributed by atoms with Crippen LogP contribution >= 0.6 is 34.8 Å². The smallest absolute Gasteiger partial charge is 0.265 e. The maximum atomic E-state index is 14.3. The van der Waals surface area contributed by atoms with Crippen LogP contribution in [-0.4, -0.2) is 65.6 Å². The quantitative estimate of drug-likeness (QED) is 0.228. The van der Waals surface area contributed by atoms with Gasteiger partial charge in [-0.25, -0.2) is 8.42 Å². The molecule has 2 amide bonds. The van der Waals surface area contributed by atoms with Gasteiger partial charge in [0.2, 0.25) is 11.8 Å². The Bertz CT molecular complexity index is 1600. The van der Waals surface area contributed by atoms with E-state index in [1.807, 2.05) is 6.92 Å². The fraction of sp³-hybridized carbons (Fsp3) is 0.333. The molecular formula is C30H34Cl3N3O7S. The number of ether oxygens (including phenoxy) is 3. The summed E-state index contributed by atoms with van der Waals surface area (Å²) in [6.45, 7) is 3.09. The van der Waals surface area contributed by atoms with Crippen LogP contribution in [0.15, 0.2) is 59.5 Å². The first-order valence-corrected chi connectivity index (χ1v) is 16.0. The minimum absolute atomic E-state index is 0.0145. The largest absolute Gasteiger partial charge is 0.495 e. The van der Waals surface area contributed by atoms with Gasteiger partial charge in [-0.2, -0.15) is 0 Å². The van der Waals surface area contributed by atoms with Crippen LogP contribution in [0.1, 0.15) is 25.8 Å². The molecule has 3 rings (SSSR count). The van der Waals surface area contributed by atoms with Crippen LogP contribution in [-0.2, 0) is 26.2 Å². The standard InChI is InChI=1S/C30H34Cl3N3O7S/c1-6-13-34-30(38)19(2)35(17-20-7-10-23(32)24(33)14-20)29(37)18-36(25-15-21(31)8-11-26(25)41-3)44(39,40)22-9-12-27(42-4)28(16-22)43-5/h7-12,14-16,19H,6,13,17-18H2,1-5H3,(H,34,38). The van der Waals surface area contributed by atoms with Crippen LogP contribution in [0.4, 0.5) is 5.69 Å². The second kappa shape index (κ2) is 15.6. The van der Waals surface area contributed by atoms with E-state index >= 15 is 0 Å². The number of benzene rings is 3. The molecule has 0 aliphatic carbocycles. The van der Waals surface area contributed by atoms with Crippen LogP contribution in [0, 0.1) is 0 Å². The van der Waals surface area contributed by atoms with Gasteiger partial charge in [-0.3, -0.25) is 13.9 Å². The molecule has 0 bridgehead atoms. The van der Waals surface area contributed by atoms with E-state index in [1.165, 1.54) is 62.6 Å². The Morgan fingerprint density at radius 1 is 0.864 bits per heavy atom. The highest BCUT2D eigenvalue weighted by Crippen LogP contribution is 2.37. The highest BCUT2D eigenvalue weighted by molar-refractivity contribution is 7.92. The van der Waals surface area contributed by atoms with Gasteiger partial charge in [0.25, 0.3) is 10.0 Å². The molecule has 10 nitrogen and oxygen atoms in total. The number of anilines is 1. The highest BCUT2D eigenvalue weighted by atomic mass is 35.5. The molecular weight excluding hydrogens is 653 g/mol. The molecule has 0 spiro atoms. The zero-order valence-electron chi connectivity index (χ0n) is 24.9. The Labute approximate surface area is 272 Å². The number of methoxy groups -OCH3 is 3. The van der Waals surface area contributed by atoms with Crippen LogP contribution in [0.25, 0.3) is 0 Å². The second-order valence-corrected chi connectivity index (χ2v) is 12.7. The number of nitrogens with zero attached hydrogens (tertiary/aromatic N) is 2. The first kappa shape index (κ1) is 35.1. The predicted molar refractivity (Wildman–Crippen MR) is 172 cm³/mol. The SMILES string of the molecule is CCCNC(=O)C(C)N(Cc1ccc(Cl)c(Cl)c1)C(=O)CN(c1cc(Cl)ccc1OC)S(=O)(=O)c1ccc(OC)c(OC)c1. The van der Waals surface area contributed by atoms with Crippen molar-refractivity contribution in [3.63, 3.8) is 0 Å². The zero-order valence-corrected chi connectivity index (χ0v) is 28.0. The zero-order chi connectivity index (χ0) is 32.6. The van der Waals surface area contributed by atoms with Crippen LogP contribution < -0.4 is 23.8 Å². The van der Waals surface area contributed by atoms with E-state index in [9.17, 15) is 18.0 Å². The van der Waals surface area contributed by atoms with E-state index < -0.39 is 34.4 Å². The number of hydrogen-bond donors (Lipinski definition) is 1. The lowest BCUT2D eigenvalue weighted by Crippen LogP contribution is -2.51. The summed E-state index contributed by atoms with van der Waals surface area (Å²) in [4.78, 5) is 28.3. The average molecular weight is 687 g/mol. The van der Waals surface area contributed by atoms with E-state index in [2.05, 4.69) is 5.32 Å². The summed E-state index contributed by atoms with van der Waals surface area (Å²) in [5.74, 6) is -0.457. The highest BCUT2D eigenvalue weighted by Gasteiger charge is 2.34. The molecule has 0 radical (unpaired) electrons. The van der Waals surface area contributed by atoms with E-state index in [0.29, 0.717) is 29.3 Å². The maximum Gasteiger partial charge on any atom is 0.265 e. The fourth-order valence-electron chi connectivity index (χ4n) is 4.29. The monoisotopic (exact) mass is 685 g/mol. The molecule has 1 unspecified atom stereocenters. The second-order valence-electron chi connectivity index (χ2n) is 9.58. The van der Waals surface area contributed by atoms with Crippen molar-refractivity contribution in [1.29, 1.82) is 0 Å². The van der Waals surface area contributed by atoms with E-state index in [1.54, 1.807) is 25.1 Å². The first-order chi connectivity index (χ1) is 20.9. The third kappa shape index (κ3) is 8.20. The number of rotatable bonds is 14. The van der Waals surface area contributed by atoms with Gasteiger partial charge in [0.05, 0.1) is 42.0 Å². The molecule has 3 aromatic rings. The number of nitrogens with one attached hydrogen (secondary N) is 1. The summed E-state index contributed by atoms with van der Waals surface area (Å²) >= 11 is 18.6. The van der Waals surface area contributed by atoms with Gasteiger partial charge >= 0.3 is 0 Å². The molecule has 0 saturated carbocycles. The molecule has 0 heterocycles. The Hall–Kier alpha value is -3.38. The van der Waals surface area contributed by atoms with Gasteiger partial charge in [0, 0.05) is 24.2 Å². The fourth-order valence-corrected chi connectivity index (χ4v) is 6.21. The first-order valence-electron chi connectivity index (χ1n) is 13.5. The summed E-state index contributed by atoms with van der Waals surface area (Å²) in [5, 5.41) is 3.58. The molecule has 14 heteroatoms. The minimum Gasteiger partial charge on any atom is -0.495 e. The van der Waals surface area contributed by atoms with Gasteiger partial charge < -0.3 is 24.4 Å². The third-order valence-corrected chi connectivity index (χ3v) is 9.41. The molecule has 3 aromatic carbocycles. The van der Waals surface area contributed by atoms with Crippen molar-refractivity contribution in [2.45, 2.75) is 37.8 Å². The maximum absolute atomic E-state index is 14.3. The van der Waals surface area contributed by atoms with Crippen molar-refractivity contribution in [3.05, 3.63) is 75.2 Å². The molecule has 0 aromatic heterocycles. The van der Waals surface area contributed by atoms with Crippen LogP contribution in [0.3, 0.4) is 0 Å². The summed E-state index contributed by atoms with van der Waals surface area (Å²) in [6, 6.07) is 12.3. The molecule has 1 atom stereocenters. The molecule has 1 N–H and O–H groups in total. The number of carbonyl (C=O) groups excluding carboxylic acids is 2. The lowest BCUT2D eigenvalue weighted by Gasteiger charge is -2.32. The summed E-state index contributed by atoms with van der Waals surface area (Å²) in [7, 11) is -0.294. The lowest BCUT2D eigenvalue weighted by molar-refractivity contribution is -0.139. The number of amides is 2. The van der Waals surface area contributed by atoms with Crippen molar-refractivity contribution >= 4 is 62.3 Å². The number of carbonyl (C=O) groups is 2. The Balaban J connectivity index is 2.15. The molecule has 44 heavy (non-hydrogen) atoms. The lowest BCUT2D eigenvalue weighted by atomic mass is 10.1. The molecule has 0 saturated heterocycles. The summed E-state index contributed by atoms with van der Waals surface area (Å²) in [6.07, 6.45) is 0.686. The Kier molecular flexibility index (Phi) is 12.4. The van der Waals surface area contributed by atoms with Crippen molar-refractivity contribution in [2.24, 2.45) is 0 Å². The predicted octanol–water partition coefficient (Wildman–Crippen LogP) is 5.81. The van der Waals surface area contributed by atoms with Gasteiger partial charge in [-0.15, -0.1) is 0 Å². The molecule has 0 aliphatic rings. The molecule has 0 fully saturated rings. The van der Waals surface area contributed by atoms with Gasteiger partial charge in [-0.1, -0.05) is 47.8 Å². The number of hydrogen-bond acceptors (Lipinski definition) is 7. The van der Waals surface area contributed by atoms with Crippen molar-refractivity contribution in [2.75, 3.05) is 38.7 Å². The number of sulfonamides is 1. The van der Waals surface area contributed by atoms with E-state index in [0.717, 1.165) is 4.31 Å². The van der Waals surface area contributed by atoms with E-state index in [-0.39, 0.29) is 38.7 Å². The summed E-state index contributed by atoms with van der Waals surface area (Å²) < 4.78 is 45.5. The molecule has 0 aliphatic heterocycles. The third-order valence-electron chi connectivity index (χ3n) is 6.68. The van der Waals surface area contributed by atoms with Gasteiger partial charge in [-0.05, 0) is 61.4 Å². The van der Waals surface area contributed by atoms with E-state index in [4.69, 9.17) is 49.0 Å². The van der Waals surface area contributed by atoms with Gasteiger partial charge in [0.15, 0.2) is 11.5 Å². The Morgan fingerprint density at radius 2 is 1.52 bits per heavy atom. The van der Waals surface area contributed by atoms with Crippen molar-refractivity contribution in [3.8, 4) is 17.2 Å². The van der Waals surface area contributed by atoms with Gasteiger partial charge in [0.1, 0.15) is 18.3 Å². The number of halogens is 3. The minimum atomic E-state index is -4.46. The average Bonchev–Trinajstić information content (AvgIpc) is 3.01. The van der Waals surface area contributed by atoms with Crippen LogP contribution in [0.2, 0.25) is 15.1 Å². The molecule has 238 valence electrons. The Morgan fingerprint density at radius 3 is 2.14 bits per heavy atom. The van der Waals surface area contributed by atoms with Crippen molar-refractivity contribution < 1.29 is 32.2 Å². The van der Waals surface area contributed by atoms with Crippen LogP contribution in [0.5, 0.6) is 17.2 Å². The topological polar surface area (TPSA) is 114 Å². The van der Waals surface area contributed by atoms with Crippen molar-refractivity contribution in [1.82, 2.24) is 10.2 Å². The normalized spacial score (nSPS) is 11.8. The summed E-state index contributed by atoms with van der Waals surface area (Å²) in [5.41, 5.74) is 0.596.